The fourth-order valence-corrected chi connectivity index (χ4v) is 1.17. The Bertz CT molecular complexity index is 183. The molecule has 0 aromatic rings. The van der Waals surface area contributed by atoms with Gasteiger partial charge in [-0.15, -0.1) is 0 Å². The lowest BCUT2D eigenvalue weighted by Gasteiger charge is -2.27. The van der Waals surface area contributed by atoms with E-state index in [0.717, 1.165) is 0 Å². The summed E-state index contributed by atoms with van der Waals surface area (Å²) in [5.41, 5.74) is 8.26. The van der Waals surface area contributed by atoms with Gasteiger partial charge in [-0.3, -0.25) is 10.2 Å². The van der Waals surface area contributed by atoms with Gasteiger partial charge in [0.05, 0.1) is 19.8 Å². The van der Waals surface area contributed by atoms with Crippen LogP contribution < -0.4 is 11.2 Å². The Morgan fingerprint density at radius 1 is 1.64 bits per heavy atom. The van der Waals surface area contributed by atoms with Crippen LogP contribution in [0.5, 0.6) is 0 Å². The predicted octanol–water partition coefficient (Wildman–Crippen LogP) is -1.68. The molecule has 6 nitrogen and oxygen atoms in total. The van der Waals surface area contributed by atoms with Crippen molar-refractivity contribution in [2.45, 2.75) is 6.04 Å². The lowest BCUT2D eigenvalue weighted by atomic mass is 10.3. The van der Waals surface area contributed by atoms with Crippen LogP contribution in [0.4, 0.5) is 0 Å². The molecule has 14 heavy (non-hydrogen) atoms. The number of nitrogens with two attached hydrogens (primary N) is 1. The van der Waals surface area contributed by atoms with E-state index in [1.165, 1.54) is 7.11 Å². The molecule has 1 atom stereocenters. The van der Waals surface area contributed by atoms with Crippen LogP contribution in [-0.2, 0) is 14.3 Å². The number of morpholine rings is 1. The first-order chi connectivity index (χ1) is 6.74. The van der Waals surface area contributed by atoms with Crippen molar-refractivity contribution in [1.82, 2.24) is 10.4 Å². The van der Waals surface area contributed by atoms with Crippen LogP contribution >= 0.6 is 0 Å². The molecule has 0 bridgehead atoms. The molecule has 1 amide bonds. The van der Waals surface area contributed by atoms with Gasteiger partial charge in [0.25, 0.3) is 5.91 Å². The number of hydrogen-bond acceptors (Lipinski definition) is 5. The number of amides is 1. The monoisotopic (exact) mass is 203 g/mol. The highest BCUT2D eigenvalue weighted by Crippen LogP contribution is 1.93. The summed E-state index contributed by atoms with van der Waals surface area (Å²) in [7, 11) is 1.52. The molecule has 0 saturated carbocycles. The SMILES string of the molecule is COCC(N)C(=O)NN1CCOCC1. The minimum atomic E-state index is -0.608. The van der Waals surface area contributed by atoms with Gasteiger partial charge in [-0.2, -0.15) is 0 Å². The van der Waals surface area contributed by atoms with Gasteiger partial charge in [0.1, 0.15) is 6.04 Å². The summed E-state index contributed by atoms with van der Waals surface area (Å²) in [4.78, 5) is 11.4. The first kappa shape index (κ1) is 11.4. The zero-order valence-electron chi connectivity index (χ0n) is 8.36. The number of rotatable bonds is 4. The van der Waals surface area contributed by atoms with E-state index in [4.69, 9.17) is 15.2 Å². The van der Waals surface area contributed by atoms with Gasteiger partial charge in [-0.05, 0) is 0 Å². The largest absolute Gasteiger partial charge is 0.383 e. The van der Waals surface area contributed by atoms with Crippen LogP contribution in [0, 0.1) is 0 Å². The van der Waals surface area contributed by atoms with Gasteiger partial charge >= 0.3 is 0 Å². The summed E-state index contributed by atoms with van der Waals surface area (Å²) in [6, 6.07) is -0.608. The third-order valence-corrected chi connectivity index (χ3v) is 1.96. The normalized spacial score (nSPS) is 20.4. The smallest absolute Gasteiger partial charge is 0.253 e. The third kappa shape index (κ3) is 3.59. The fourth-order valence-electron chi connectivity index (χ4n) is 1.17. The van der Waals surface area contributed by atoms with E-state index in [-0.39, 0.29) is 12.5 Å². The van der Waals surface area contributed by atoms with E-state index in [0.29, 0.717) is 26.3 Å². The zero-order valence-corrected chi connectivity index (χ0v) is 8.36. The van der Waals surface area contributed by atoms with Crippen molar-refractivity contribution in [3.05, 3.63) is 0 Å². The molecule has 1 unspecified atom stereocenters. The van der Waals surface area contributed by atoms with Crippen LogP contribution in [0.25, 0.3) is 0 Å². The summed E-state index contributed by atoms with van der Waals surface area (Å²) in [6.45, 7) is 2.91. The summed E-state index contributed by atoms with van der Waals surface area (Å²) >= 11 is 0. The van der Waals surface area contributed by atoms with Gasteiger partial charge in [0, 0.05) is 20.2 Å². The van der Waals surface area contributed by atoms with Crippen LogP contribution in [0.15, 0.2) is 0 Å². The third-order valence-electron chi connectivity index (χ3n) is 1.96. The standard InChI is InChI=1S/C8H17N3O3/c1-13-6-7(9)8(12)10-11-2-4-14-5-3-11/h7H,2-6,9H2,1H3,(H,10,12). The Kier molecular flexibility index (Phi) is 4.81. The Hall–Kier alpha value is -0.690. The topological polar surface area (TPSA) is 76.8 Å². The molecule has 0 spiro atoms. The summed E-state index contributed by atoms with van der Waals surface area (Å²) < 4.78 is 9.93. The molecule has 0 aliphatic carbocycles. The fraction of sp³-hybridized carbons (Fsp3) is 0.875. The number of methoxy groups -OCH3 is 1. The molecule has 1 saturated heterocycles. The van der Waals surface area contributed by atoms with Crippen molar-refractivity contribution >= 4 is 5.91 Å². The molecule has 0 aromatic heterocycles. The van der Waals surface area contributed by atoms with Gasteiger partial charge < -0.3 is 15.2 Å². The number of ether oxygens (including phenoxy) is 2. The lowest BCUT2D eigenvalue weighted by Crippen LogP contribution is -2.54. The van der Waals surface area contributed by atoms with Gasteiger partial charge in [0.2, 0.25) is 0 Å². The number of carbonyl (C=O) groups is 1. The molecule has 1 rings (SSSR count). The van der Waals surface area contributed by atoms with E-state index >= 15 is 0 Å². The highest BCUT2D eigenvalue weighted by molar-refractivity contribution is 5.81. The van der Waals surface area contributed by atoms with Crippen molar-refractivity contribution in [3.8, 4) is 0 Å². The second-order valence-corrected chi connectivity index (χ2v) is 3.14. The molecule has 1 heterocycles. The molecule has 0 aromatic carbocycles. The van der Waals surface area contributed by atoms with Crippen LogP contribution in [-0.4, -0.2) is 57.0 Å². The molecule has 0 radical (unpaired) electrons. The number of carbonyl (C=O) groups excluding carboxylic acids is 1. The van der Waals surface area contributed by atoms with E-state index in [2.05, 4.69) is 5.43 Å². The van der Waals surface area contributed by atoms with Crippen molar-refractivity contribution in [3.63, 3.8) is 0 Å². The zero-order chi connectivity index (χ0) is 10.4. The Labute approximate surface area is 83.3 Å². The van der Waals surface area contributed by atoms with Crippen LogP contribution in [0.3, 0.4) is 0 Å². The van der Waals surface area contributed by atoms with Gasteiger partial charge in [-0.25, -0.2) is 5.01 Å². The summed E-state index contributed by atoms with van der Waals surface area (Å²) in [5.74, 6) is -0.214. The van der Waals surface area contributed by atoms with Crippen molar-refractivity contribution < 1.29 is 14.3 Å². The Morgan fingerprint density at radius 2 is 2.29 bits per heavy atom. The van der Waals surface area contributed by atoms with E-state index in [1.54, 1.807) is 5.01 Å². The predicted molar refractivity (Wildman–Crippen MR) is 50.4 cm³/mol. The molecular formula is C8H17N3O3. The molecule has 1 aliphatic heterocycles. The molecule has 82 valence electrons. The summed E-state index contributed by atoms with van der Waals surface area (Å²) in [5, 5.41) is 1.81. The molecule has 3 N–H and O–H groups in total. The average Bonchev–Trinajstić information content (AvgIpc) is 2.19. The number of nitrogens with zero attached hydrogens (tertiary/aromatic N) is 1. The maximum absolute atomic E-state index is 11.4. The second kappa shape index (κ2) is 5.92. The van der Waals surface area contributed by atoms with E-state index < -0.39 is 6.04 Å². The van der Waals surface area contributed by atoms with Crippen molar-refractivity contribution in [2.24, 2.45) is 5.73 Å². The number of nitrogens with one attached hydrogen (secondary N) is 1. The first-order valence-electron chi connectivity index (χ1n) is 4.61. The Morgan fingerprint density at radius 3 is 2.86 bits per heavy atom. The summed E-state index contributed by atoms with van der Waals surface area (Å²) in [6.07, 6.45) is 0. The van der Waals surface area contributed by atoms with E-state index in [9.17, 15) is 4.79 Å². The molecule has 1 fully saturated rings. The van der Waals surface area contributed by atoms with Crippen molar-refractivity contribution in [2.75, 3.05) is 40.0 Å². The maximum atomic E-state index is 11.4. The van der Waals surface area contributed by atoms with Crippen LogP contribution in [0.1, 0.15) is 0 Å². The highest BCUT2D eigenvalue weighted by atomic mass is 16.5. The molecule has 6 heteroatoms. The van der Waals surface area contributed by atoms with Crippen molar-refractivity contribution in [1.29, 1.82) is 0 Å². The molecule has 1 aliphatic rings. The highest BCUT2D eigenvalue weighted by Gasteiger charge is 2.17. The van der Waals surface area contributed by atoms with Gasteiger partial charge in [0.15, 0.2) is 0 Å². The van der Waals surface area contributed by atoms with E-state index in [1.807, 2.05) is 0 Å². The minimum absolute atomic E-state index is 0.214. The second-order valence-electron chi connectivity index (χ2n) is 3.14. The van der Waals surface area contributed by atoms with Crippen LogP contribution in [0.2, 0.25) is 0 Å². The lowest BCUT2D eigenvalue weighted by molar-refractivity contribution is -0.130. The Balaban J connectivity index is 2.24. The maximum Gasteiger partial charge on any atom is 0.253 e. The number of hydrogen-bond donors (Lipinski definition) is 2. The molecular weight excluding hydrogens is 186 g/mol. The first-order valence-corrected chi connectivity index (χ1v) is 4.61. The quantitative estimate of drug-likeness (QED) is 0.571. The average molecular weight is 203 g/mol. The number of hydrazine groups is 1. The minimum Gasteiger partial charge on any atom is -0.383 e. The van der Waals surface area contributed by atoms with Gasteiger partial charge in [-0.1, -0.05) is 0 Å².